The van der Waals surface area contributed by atoms with E-state index in [4.69, 9.17) is 0 Å². The summed E-state index contributed by atoms with van der Waals surface area (Å²) in [5.41, 5.74) is 4.45. The van der Waals surface area contributed by atoms with Gasteiger partial charge < -0.3 is 20.6 Å². The van der Waals surface area contributed by atoms with Crippen molar-refractivity contribution in [2.45, 2.75) is 181 Å². The van der Waals surface area contributed by atoms with Crippen molar-refractivity contribution >= 4 is 17.5 Å². The highest BCUT2D eigenvalue weighted by atomic mass is 16.3. The first-order valence-corrected chi connectivity index (χ1v) is 18.7. The van der Waals surface area contributed by atoms with E-state index >= 15 is 0 Å². The van der Waals surface area contributed by atoms with Gasteiger partial charge in [-0.3, -0.25) is 15.0 Å². The molecule has 0 atom stereocenters. The molecule has 0 saturated carbocycles. The molecule has 48 heavy (non-hydrogen) atoms. The maximum absolute atomic E-state index is 12.8. The highest BCUT2D eigenvalue weighted by molar-refractivity contribution is 5.95. The molecule has 0 aliphatic carbocycles. The SMILES string of the molecule is CCCCCCCCCCCCCCCCCCc1cc(O)n(NC(=O)CCC(=O)Nc2cc(C(C)(C)C)c(O)c(C(C)(C)C)c2)c1O. The fourth-order valence-corrected chi connectivity index (χ4v) is 6.18. The van der Waals surface area contributed by atoms with E-state index in [1.807, 2.05) is 41.5 Å². The minimum absolute atomic E-state index is 0.0861. The molecular weight excluding hydrogens is 602 g/mol. The zero-order valence-corrected chi connectivity index (χ0v) is 31.3. The summed E-state index contributed by atoms with van der Waals surface area (Å²) in [7, 11) is 0. The number of aromatic hydroxyl groups is 3. The third-order valence-electron chi connectivity index (χ3n) is 9.16. The van der Waals surface area contributed by atoms with E-state index in [1.165, 1.54) is 89.5 Å². The van der Waals surface area contributed by atoms with Crippen LogP contribution in [-0.2, 0) is 26.8 Å². The molecule has 0 bridgehead atoms. The molecule has 0 unspecified atom stereocenters. The van der Waals surface area contributed by atoms with Gasteiger partial charge in [0.05, 0.1) is 0 Å². The number of phenolic OH excluding ortho intramolecular Hbond substituents is 1. The number of carbonyl (C=O) groups excluding carboxylic acids is 2. The number of nitrogens with zero attached hydrogens (tertiary/aromatic N) is 1. The van der Waals surface area contributed by atoms with Crippen LogP contribution in [0.3, 0.4) is 0 Å². The molecule has 0 saturated heterocycles. The molecular formula is C40H67N3O5. The summed E-state index contributed by atoms with van der Waals surface area (Å²) in [5, 5.41) is 34.8. The predicted molar refractivity (Wildman–Crippen MR) is 199 cm³/mol. The standard InChI is InChI=1S/C40H67N3O5/c1-8-9-10-11-12-13-14-15-16-17-18-19-20-21-22-23-24-30-27-36(46)43(38(30)48)42-35(45)26-25-34(44)41-31-28-32(39(2,3)4)37(47)33(29-31)40(5,6)7/h27-29,46-48H,8-26H2,1-7H3,(H,41,44)(H,42,45). The van der Waals surface area contributed by atoms with E-state index in [1.54, 1.807) is 12.1 Å². The molecule has 2 aromatic rings. The fraction of sp³-hybridized carbons (Fsp3) is 0.700. The Morgan fingerprint density at radius 1 is 0.625 bits per heavy atom. The summed E-state index contributed by atoms with van der Waals surface area (Å²) in [6, 6.07) is 5.04. The average Bonchev–Trinajstić information content (AvgIpc) is 3.26. The molecule has 0 fully saturated rings. The molecule has 0 aliphatic rings. The topological polar surface area (TPSA) is 124 Å². The second-order valence-corrected chi connectivity index (χ2v) is 15.7. The Morgan fingerprint density at radius 2 is 1.04 bits per heavy atom. The maximum Gasteiger partial charge on any atom is 0.239 e. The van der Waals surface area contributed by atoms with Crippen molar-refractivity contribution in [1.82, 2.24) is 4.68 Å². The number of aryl methyl sites for hydroxylation is 1. The van der Waals surface area contributed by atoms with Crippen LogP contribution >= 0.6 is 0 Å². The zero-order valence-electron chi connectivity index (χ0n) is 31.3. The number of hydrogen-bond donors (Lipinski definition) is 5. The van der Waals surface area contributed by atoms with Crippen LogP contribution in [0.5, 0.6) is 17.5 Å². The quantitative estimate of drug-likeness (QED) is 0.0630. The molecule has 1 aromatic carbocycles. The Balaban J connectivity index is 1.69. The van der Waals surface area contributed by atoms with Gasteiger partial charge in [0.1, 0.15) is 5.75 Å². The molecule has 8 heteroatoms. The van der Waals surface area contributed by atoms with Crippen LogP contribution in [0.25, 0.3) is 0 Å². The second-order valence-electron chi connectivity index (χ2n) is 15.7. The van der Waals surface area contributed by atoms with E-state index in [0.717, 1.165) is 35.1 Å². The summed E-state index contributed by atoms with van der Waals surface area (Å²) in [4.78, 5) is 25.4. The van der Waals surface area contributed by atoms with E-state index in [0.29, 0.717) is 17.7 Å². The van der Waals surface area contributed by atoms with Gasteiger partial charge in [-0.25, -0.2) is 0 Å². The Morgan fingerprint density at radius 3 is 1.48 bits per heavy atom. The van der Waals surface area contributed by atoms with Gasteiger partial charge in [-0.1, -0.05) is 145 Å². The highest BCUT2D eigenvalue weighted by Crippen LogP contribution is 2.41. The number of benzene rings is 1. The number of carbonyl (C=O) groups is 2. The summed E-state index contributed by atoms with van der Waals surface area (Å²) < 4.78 is 0.979. The Hall–Kier alpha value is -3.16. The fourth-order valence-electron chi connectivity index (χ4n) is 6.18. The molecule has 272 valence electrons. The first-order valence-electron chi connectivity index (χ1n) is 18.7. The van der Waals surface area contributed by atoms with E-state index < -0.39 is 5.91 Å². The van der Waals surface area contributed by atoms with Gasteiger partial charge in [0.15, 0.2) is 0 Å². The first-order chi connectivity index (χ1) is 22.6. The highest BCUT2D eigenvalue weighted by Gasteiger charge is 2.27. The zero-order chi connectivity index (χ0) is 35.7. The van der Waals surface area contributed by atoms with Gasteiger partial charge >= 0.3 is 0 Å². The summed E-state index contributed by atoms with van der Waals surface area (Å²) in [5.74, 6) is -1.05. The van der Waals surface area contributed by atoms with Gasteiger partial charge in [-0.15, -0.1) is 0 Å². The van der Waals surface area contributed by atoms with Crippen LogP contribution in [0.2, 0.25) is 0 Å². The lowest BCUT2D eigenvalue weighted by Gasteiger charge is -2.28. The normalized spacial score (nSPS) is 12.0. The third kappa shape index (κ3) is 14.5. The lowest BCUT2D eigenvalue weighted by molar-refractivity contribution is -0.121. The number of anilines is 1. The van der Waals surface area contributed by atoms with E-state index in [-0.39, 0.29) is 47.1 Å². The molecule has 1 heterocycles. The van der Waals surface area contributed by atoms with Crippen LogP contribution in [0.1, 0.15) is 181 Å². The average molecular weight is 670 g/mol. The molecule has 0 spiro atoms. The summed E-state index contributed by atoms with van der Waals surface area (Å²) >= 11 is 0. The number of rotatable bonds is 22. The lowest BCUT2D eigenvalue weighted by atomic mass is 9.79. The van der Waals surface area contributed by atoms with E-state index in [9.17, 15) is 24.9 Å². The number of unbranched alkanes of at least 4 members (excludes halogenated alkanes) is 15. The number of hydrogen-bond acceptors (Lipinski definition) is 5. The van der Waals surface area contributed by atoms with Gasteiger partial charge in [0.2, 0.25) is 23.6 Å². The van der Waals surface area contributed by atoms with Crippen molar-refractivity contribution in [1.29, 1.82) is 0 Å². The molecule has 0 radical (unpaired) electrons. The summed E-state index contributed by atoms with van der Waals surface area (Å²) in [6.45, 7) is 14.3. The maximum atomic E-state index is 12.8. The van der Waals surface area contributed by atoms with Gasteiger partial charge in [0, 0.05) is 41.3 Å². The molecule has 2 amide bonds. The Kier molecular flexibility index (Phi) is 17.4. The smallest absolute Gasteiger partial charge is 0.239 e. The first kappa shape index (κ1) is 41.0. The van der Waals surface area contributed by atoms with Crippen molar-refractivity contribution in [2.75, 3.05) is 10.7 Å². The molecule has 8 nitrogen and oxygen atoms in total. The second kappa shape index (κ2) is 20.4. The van der Waals surface area contributed by atoms with Crippen molar-refractivity contribution in [3.8, 4) is 17.5 Å². The molecule has 2 rings (SSSR count). The van der Waals surface area contributed by atoms with E-state index in [2.05, 4.69) is 17.7 Å². The van der Waals surface area contributed by atoms with Crippen LogP contribution in [0.4, 0.5) is 5.69 Å². The number of nitrogens with one attached hydrogen (secondary N) is 2. The number of phenols is 1. The van der Waals surface area contributed by atoms with Gasteiger partial charge in [-0.2, -0.15) is 4.68 Å². The number of amides is 2. The molecule has 5 N–H and O–H groups in total. The van der Waals surface area contributed by atoms with Gasteiger partial charge in [-0.05, 0) is 35.8 Å². The van der Waals surface area contributed by atoms with Crippen LogP contribution in [0, 0.1) is 0 Å². The predicted octanol–water partition coefficient (Wildman–Crippen LogP) is 10.5. The lowest BCUT2D eigenvalue weighted by Crippen LogP contribution is -2.24. The third-order valence-corrected chi connectivity index (χ3v) is 9.16. The van der Waals surface area contributed by atoms with Crippen LogP contribution in [-0.4, -0.2) is 31.8 Å². The van der Waals surface area contributed by atoms with Crippen molar-refractivity contribution in [3.63, 3.8) is 0 Å². The molecule has 1 aromatic heterocycles. The monoisotopic (exact) mass is 670 g/mol. The van der Waals surface area contributed by atoms with Crippen molar-refractivity contribution in [2.24, 2.45) is 0 Å². The van der Waals surface area contributed by atoms with Crippen molar-refractivity contribution < 1.29 is 24.9 Å². The summed E-state index contributed by atoms with van der Waals surface area (Å²) in [6.07, 6.45) is 21.1. The Labute approximate surface area is 291 Å². The number of aromatic nitrogens is 1. The van der Waals surface area contributed by atoms with Crippen LogP contribution in [0.15, 0.2) is 18.2 Å². The Bertz CT molecular complexity index is 1230. The largest absolute Gasteiger partial charge is 0.507 e. The molecule has 0 aliphatic heterocycles. The minimum Gasteiger partial charge on any atom is -0.507 e. The van der Waals surface area contributed by atoms with Gasteiger partial charge in [0.25, 0.3) is 0 Å². The van der Waals surface area contributed by atoms with Crippen LogP contribution < -0.4 is 10.7 Å². The van der Waals surface area contributed by atoms with Crippen molar-refractivity contribution in [3.05, 3.63) is 34.9 Å². The minimum atomic E-state index is -0.503.